The number of amides is 1. The summed E-state index contributed by atoms with van der Waals surface area (Å²) in [4.78, 5) is 22.8. The number of hydrogen-bond acceptors (Lipinski definition) is 7. The fraction of sp³-hybridized carbons (Fsp3) is 0.225. The molecule has 53 heavy (non-hydrogen) atoms. The summed E-state index contributed by atoms with van der Waals surface area (Å²) in [7, 11) is -3.94. The van der Waals surface area contributed by atoms with Crippen LogP contribution in [0.3, 0.4) is 0 Å². The van der Waals surface area contributed by atoms with Crippen LogP contribution in [-0.2, 0) is 36.2 Å². The van der Waals surface area contributed by atoms with E-state index in [4.69, 9.17) is 14.3 Å². The molecule has 1 N–H and O–H groups in total. The van der Waals surface area contributed by atoms with Gasteiger partial charge < -0.3 is 9.47 Å². The molecule has 0 unspecified atom stereocenters. The summed E-state index contributed by atoms with van der Waals surface area (Å²) >= 11 is 0. The minimum atomic E-state index is -4.48. The number of hydrogen-bond donors (Lipinski definition) is 1. The molecule has 5 aromatic carbocycles. The molecule has 5 aromatic rings. The highest BCUT2D eigenvalue weighted by molar-refractivity contribution is 7.92. The van der Waals surface area contributed by atoms with Crippen molar-refractivity contribution in [2.75, 3.05) is 43.4 Å². The molecule has 1 aliphatic rings. The second-order valence-electron chi connectivity index (χ2n) is 12.4. The highest BCUT2D eigenvalue weighted by Gasteiger charge is 2.41. The lowest BCUT2D eigenvalue weighted by molar-refractivity contribution is -0.150. The molecule has 1 amide bonds. The van der Waals surface area contributed by atoms with Crippen LogP contribution >= 0.6 is 0 Å². The minimum Gasteiger partial charge on any atom is -0.457 e. The molecular weight excluding hydrogens is 708 g/mol. The predicted molar refractivity (Wildman–Crippen MR) is 195 cm³/mol. The summed E-state index contributed by atoms with van der Waals surface area (Å²) in [6.07, 6.45) is -3.43. The molecule has 0 bridgehead atoms. The summed E-state index contributed by atoms with van der Waals surface area (Å²) in [5.74, 6) is -0.112. The lowest BCUT2D eigenvalue weighted by Gasteiger charge is -2.38. The molecule has 1 fully saturated rings. The van der Waals surface area contributed by atoms with Crippen LogP contribution in [0.4, 0.5) is 18.9 Å². The largest absolute Gasteiger partial charge is 0.457 e. The number of sulfonamides is 1. The maximum absolute atomic E-state index is 14.4. The van der Waals surface area contributed by atoms with Gasteiger partial charge in [-0.05, 0) is 65.2 Å². The van der Waals surface area contributed by atoms with Gasteiger partial charge in [-0.3, -0.25) is 18.8 Å². The van der Waals surface area contributed by atoms with E-state index >= 15 is 0 Å². The van der Waals surface area contributed by atoms with Crippen molar-refractivity contribution in [1.82, 2.24) is 10.4 Å². The number of alkyl halides is 3. The SMILES string of the molecule is CS(=O)(=O)N(C[C@@H](C(=O)NOC(c1ccccc1)(c1ccccc1)c1ccccc1)N1CCOCC1)c1ccc(Oc2ccc(C(F)(F)F)cc2)cc1. The zero-order chi connectivity index (χ0) is 37.5. The Morgan fingerprint density at radius 3 is 1.62 bits per heavy atom. The van der Waals surface area contributed by atoms with Crippen LogP contribution < -0.4 is 14.5 Å². The Labute approximate surface area is 306 Å². The van der Waals surface area contributed by atoms with Gasteiger partial charge in [0.2, 0.25) is 10.0 Å². The fourth-order valence-corrected chi connectivity index (χ4v) is 7.18. The van der Waals surface area contributed by atoms with E-state index in [9.17, 15) is 26.4 Å². The predicted octanol–water partition coefficient (Wildman–Crippen LogP) is 7.00. The first-order valence-corrected chi connectivity index (χ1v) is 18.7. The first-order chi connectivity index (χ1) is 25.4. The highest BCUT2D eigenvalue weighted by atomic mass is 32.2. The van der Waals surface area contributed by atoms with Gasteiger partial charge in [-0.15, -0.1) is 0 Å². The van der Waals surface area contributed by atoms with Gasteiger partial charge in [0.15, 0.2) is 5.60 Å². The van der Waals surface area contributed by atoms with Crippen molar-refractivity contribution in [1.29, 1.82) is 0 Å². The minimum absolute atomic E-state index is 0.173. The number of benzene rings is 5. The maximum atomic E-state index is 14.4. The van der Waals surface area contributed by atoms with Crippen LogP contribution in [0, 0.1) is 0 Å². The van der Waals surface area contributed by atoms with E-state index < -0.39 is 39.3 Å². The first-order valence-electron chi connectivity index (χ1n) is 16.8. The van der Waals surface area contributed by atoms with Gasteiger partial charge in [-0.25, -0.2) is 13.9 Å². The van der Waals surface area contributed by atoms with Gasteiger partial charge in [0.1, 0.15) is 17.5 Å². The standard InChI is InChI=1S/C40H38F3N3O6S/c1-53(48,49)46(34-19-23-36(24-20-34)51-35-21-17-33(18-22-35)40(41,42)43)29-37(45-25-27-50-28-26-45)38(47)44-52-39(30-11-5-2-6-12-30,31-13-7-3-8-14-31)32-15-9-4-10-16-32/h2-24,37H,25-29H2,1H3,(H,44,47)/t37-/m0/s1. The topological polar surface area (TPSA) is 97.4 Å². The van der Waals surface area contributed by atoms with Gasteiger partial charge in [-0.2, -0.15) is 13.2 Å². The summed E-state index contributed by atoms with van der Waals surface area (Å²) in [5, 5.41) is 0. The van der Waals surface area contributed by atoms with Gasteiger partial charge in [0.05, 0.1) is 37.3 Å². The van der Waals surface area contributed by atoms with Crippen molar-refractivity contribution in [2.24, 2.45) is 0 Å². The van der Waals surface area contributed by atoms with Crippen LogP contribution in [-0.4, -0.2) is 64.4 Å². The number of rotatable bonds is 13. The Kier molecular flexibility index (Phi) is 11.5. The van der Waals surface area contributed by atoms with E-state index in [-0.39, 0.29) is 23.7 Å². The number of carbonyl (C=O) groups excluding carboxylic acids is 1. The average Bonchev–Trinajstić information content (AvgIpc) is 3.17. The molecule has 0 spiro atoms. The van der Waals surface area contributed by atoms with Crippen molar-refractivity contribution >= 4 is 21.6 Å². The molecule has 6 rings (SSSR count). The molecule has 9 nitrogen and oxygen atoms in total. The third-order valence-corrected chi connectivity index (χ3v) is 10.1. The molecule has 0 saturated carbocycles. The Morgan fingerprint density at radius 1 is 0.736 bits per heavy atom. The summed E-state index contributed by atoms with van der Waals surface area (Å²) in [6, 6.07) is 37.8. The third-order valence-electron chi connectivity index (χ3n) is 8.92. The van der Waals surface area contributed by atoms with Crippen molar-refractivity contribution in [3.63, 3.8) is 0 Å². The summed E-state index contributed by atoms with van der Waals surface area (Å²) < 4.78 is 78.0. The van der Waals surface area contributed by atoms with Crippen molar-refractivity contribution in [3.8, 4) is 11.5 Å². The van der Waals surface area contributed by atoms with Crippen LogP contribution in [0.1, 0.15) is 22.3 Å². The van der Waals surface area contributed by atoms with E-state index in [1.807, 2.05) is 95.9 Å². The van der Waals surface area contributed by atoms with Crippen molar-refractivity contribution < 1.29 is 40.7 Å². The summed E-state index contributed by atoms with van der Waals surface area (Å²) in [6.45, 7) is 1.18. The molecule has 276 valence electrons. The molecule has 1 heterocycles. The molecule has 1 atom stereocenters. The van der Waals surface area contributed by atoms with Crippen molar-refractivity contribution in [3.05, 3.63) is 162 Å². The number of morpholine rings is 1. The zero-order valence-electron chi connectivity index (χ0n) is 28.8. The molecule has 1 saturated heterocycles. The lowest BCUT2D eigenvalue weighted by atomic mass is 9.80. The number of ether oxygens (including phenoxy) is 2. The summed E-state index contributed by atoms with van der Waals surface area (Å²) in [5.41, 5.74) is 3.20. The smallest absolute Gasteiger partial charge is 0.416 e. The van der Waals surface area contributed by atoms with Gasteiger partial charge >= 0.3 is 6.18 Å². The van der Waals surface area contributed by atoms with Gasteiger partial charge in [0, 0.05) is 13.1 Å². The number of hydroxylamine groups is 1. The molecule has 0 radical (unpaired) electrons. The quantitative estimate of drug-likeness (QED) is 0.102. The second-order valence-corrected chi connectivity index (χ2v) is 14.3. The van der Waals surface area contributed by atoms with E-state index in [1.54, 1.807) is 0 Å². The number of carbonyl (C=O) groups is 1. The lowest BCUT2D eigenvalue weighted by Crippen LogP contribution is -2.57. The molecule has 1 aliphatic heterocycles. The Hall–Kier alpha value is -5.21. The molecular formula is C40H38F3N3O6S. The Morgan fingerprint density at radius 2 is 1.19 bits per heavy atom. The van der Waals surface area contributed by atoms with Gasteiger partial charge in [-0.1, -0.05) is 91.0 Å². The normalized spacial score (nSPS) is 14.6. The Bertz CT molecular complexity index is 1950. The van der Waals surface area contributed by atoms with Crippen molar-refractivity contribution in [2.45, 2.75) is 17.8 Å². The number of anilines is 1. The van der Waals surface area contributed by atoms with Crippen LogP contribution in [0.5, 0.6) is 11.5 Å². The maximum Gasteiger partial charge on any atom is 0.416 e. The van der Waals surface area contributed by atoms with Gasteiger partial charge in [0.25, 0.3) is 5.91 Å². The van der Waals surface area contributed by atoms with E-state index in [0.29, 0.717) is 26.3 Å². The van der Waals surface area contributed by atoms with E-state index in [1.165, 1.54) is 36.4 Å². The second kappa shape index (κ2) is 16.2. The van der Waals surface area contributed by atoms with Crippen LogP contribution in [0.15, 0.2) is 140 Å². The molecule has 13 heteroatoms. The highest BCUT2D eigenvalue weighted by Crippen LogP contribution is 2.40. The van der Waals surface area contributed by atoms with E-state index in [0.717, 1.165) is 39.4 Å². The molecule has 0 aliphatic carbocycles. The van der Waals surface area contributed by atoms with Crippen LogP contribution in [0.2, 0.25) is 0 Å². The van der Waals surface area contributed by atoms with E-state index in [2.05, 4.69) is 5.48 Å². The molecule has 0 aromatic heterocycles. The number of halogens is 3. The first kappa shape index (κ1) is 37.5. The Balaban J connectivity index is 1.29. The zero-order valence-corrected chi connectivity index (χ0v) is 29.6. The average molecular weight is 746 g/mol. The number of nitrogens with zero attached hydrogens (tertiary/aromatic N) is 2. The fourth-order valence-electron chi connectivity index (χ4n) is 6.26. The van der Waals surface area contributed by atoms with Crippen LogP contribution in [0.25, 0.3) is 0 Å². The monoisotopic (exact) mass is 745 g/mol. The number of nitrogens with one attached hydrogen (secondary N) is 1. The third kappa shape index (κ3) is 8.88.